The van der Waals surface area contributed by atoms with E-state index in [1.165, 1.54) is 30.3 Å². The van der Waals surface area contributed by atoms with Gasteiger partial charge in [-0.05, 0) is 36.4 Å². The highest BCUT2D eigenvalue weighted by Gasteiger charge is 2.13. The molecule has 2 aromatic rings. The smallest absolute Gasteiger partial charge is 0.240 e. The molecule has 0 unspecified atom stereocenters. The van der Waals surface area contributed by atoms with E-state index in [1.807, 2.05) is 0 Å². The zero-order valence-corrected chi connectivity index (χ0v) is 17.0. The lowest BCUT2D eigenvalue weighted by molar-refractivity contribution is 0.596. The third kappa shape index (κ3) is 7.20. The van der Waals surface area contributed by atoms with Crippen LogP contribution in [0.4, 0.5) is 22.7 Å². The van der Waals surface area contributed by atoms with Crippen LogP contribution in [0, 0.1) is 0 Å². The molecule has 2 aromatic carbocycles. The van der Waals surface area contributed by atoms with Crippen molar-refractivity contribution in [2.45, 2.75) is 9.79 Å². The molecule has 0 radical (unpaired) electrons. The molecule has 0 saturated carbocycles. The van der Waals surface area contributed by atoms with Gasteiger partial charge in [0.1, 0.15) is 9.79 Å². The molecule has 0 heterocycles. The van der Waals surface area contributed by atoms with E-state index in [1.54, 1.807) is 0 Å². The van der Waals surface area contributed by atoms with E-state index in [0.717, 1.165) is 12.3 Å². The maximum Gasteiger partial charge on any atom is 0.240 e. The topological polar surface area (TPSA) is 245 Å². The lowest BCUT2D eigenvalue weighted by Crippen LogP contribution is -2.15. The molecule has 0 atom stereocenters. The van der Waals surface area contributed by atoms with E-state index >= 15 is 0 Å². The van der Waals surface area contributed by atoms with Crippen molar-refractivity contribution >= 4 is 52.8 Å². The summed E-state index contributed by atoms with van der Waals surface area (Å²) in [5, 5.41) is 9.75. The monoisotopic (exact) mass is 452 g/mol. The highest BCUT2D eigenvalue weighted by molar-refractivity contribution is 7.92. The largest absolute Gasteiger partial charge is 0.399 e. The van der Waals surface area contributed by atoms with Crippen LogP contribution in [0.3, 0.4) is 0 Å². The average Bonchev–Trinajstić information content (AvgIpc) is 2.46. The molecule has 156 valence electrons. The molecule has 0 aliphatic heterocycles. The van der Waals surface area contributed by atoms with Crippen molar-refractivity contribution in [3.05, 3.63) is 36.4 Å². The second kappa shape index (κ2) is 8.19. The normalized spacial score (nSPS) is 12.0. The summed E-state index contributed by atoms with van der Waals surface area (Å²) in [6.45, 7) is 0. The Labute approximate surface area is 162 Å². The summed E-state index contributed by atoms with van der Waals surface area (Å²) in [5.41, 5.74) is 16.6. The third-order valence-corrected chi connectivity index (χ3v) is 5.52. The van der Waals surface area contributed by atoms with Crippen LogP contribution in [0.5, 0.6) is 0 Å². The zero-order chi connectivity index (χ0) is 21.9. The summed E-state index contributed by atoms with van der Waals surface area (Å²) in [7, 11) is -11.1. The highest BCUT2D eigenvalue weighted by Crippen LogP contribution is 2.22. The molecule has 12 nitrogen and oxygen atoms in total. The molecule has 28 heavy (non-hydrogen) atoms. The summed E-state index contributed by atoms with van der Waals surface area (Å²) >= 11 is 0. The Morgan fingerprint density at radius 1 is 0.714 bits per heavy atom. The molecule has 2 rings (SSSR count). The number of anilines is 4. The fraction of sp³-hybridized carbons (Fsp3) is 0.0769. The number of hydrogen-bond acceptors (Lipinski definition) is 9. The maximum absolute atomic E-state index is 11.0. The van der Waals surface area contributed by atoms with Crippen LogP contribution in [0.15, 0.2) is 46.2 Å². The Morgan fingerprint density at radius 2 is 1.25 bits per heavy atom. The Morgan fingerprint density at radius 3 is 1.64 bits per heavy atom. The molecule has 0 aliphatic rings. The van der Waals surface area contributed by atoms with Crippen LogP contribution < -0.4 is 32.2 Å². The summed E-state index contributed by atoms with van der Waals surface area (Å²) in [4.78, 5) is -0.381. The fourth-order valence-corrected chi connectivity index (χ4v) is 3.78. The molecule has 15 heteroatoms. The van der Waals surface area contributed by atoms with Crippen molar-refractivity contribution < 1.29 is 25.3 Å². The number of nitrogens with two attached hydrogens (primary N) is 5. The van der Waals surface area contributed by atoms with Crippen LogP contribution in [0.1, 0.15) is 0 Å². The predicted molar refractivity (Wildman–Crippen MR) is 107 cm³/mol. The summed E-state index contributed by atoms with van der Waals surface area (Å²) < 4.78 is 67.7. The van der Waals surface area contributed by atoms with Crippen molar-refractivity contribution in [3.8, 4) is 0 Å². The first-order chi connectivity index (χ1) is 12.5. The standard InChI is InChI=1S/C7H11N3O4S2.C6H9N3O2S/c1-15(11,12)10-5-2-3-7(6(8)4-5)16(9,13)14;7-4-1-2-5(8)6(3-4)12(9,10)11/h2-4,10H,8H2,1H3,(H2,9,13,14);1-3H,7-8H2,(H2,9,10,11). The van der Waals surface area contributed by atoms with Crippen LogP contribution >= 0.6 is 0 Å². The SMILES string of the molecule is CS(=O)(=O)Nc1ccc(S(N)(=O)=O)c(N)c1.Nc1ccc(N)c(S(N)(=O)=O)c1. The lowest BCUT2D eigenvalue weighted by atomic mass is 10.3. The Bertz CT molecular complexity index is 1190. The van der Waals surface area contributed by atoms with Gasteiger partial charge in [0, 0.05) is 5.69 Å². The van der Waals surface area contributed by atoms with Gasteiger partial charge in [0.25, 0.3) is 0 Å². The van der Waals surface area contributed by atoms with Gasteiger partial charge in [0.05, 0.1) is 23.3 Å². The minimum Gasteiger partial charge on any atom is -0.399 e. The quantitative estimate of drug-likeness (QED) is 0.304. The predicted octanol–water partition coefficient (Wildman–Crippen LogP) is -1.21. The molecule has 0 aromatic heterocycles. The molecule has 0 aliphatic carbocycles. The van der Waals surface area contributed by atoms with Crippen LogP contribution in [-0.2, 0) is 30.1 Å². The Kier molecular flexibility index (Phi) is 6.86. The Balaban J connectivity index is 0.000000292. The van der Waals surface area contributed by atoms with Crippen LogP contribution in [0.25, 0.3) is 0 Å². The van der Waals surface area contributed by atoms with Crippen molar-refractivity contribution in [1.82, 2.24) is 0 Å². The number of rotatable bonds is 4. The molecule has 0 spiro atoms. The molecular formula is C13H20N6O6S3. The first-order valence-corrected chi connectivity index (χ1v) is 12.1. The number of nitrogens with one attached hydrogen (secondary N) is 1. The zero-order valence-electron chi connectivity index (χ0n) is 14.5. The summed E-state index contributed by atoms with van der Waals surface area (Å²) in [6, 6.07) is 7.71. The van der Waals surface area contributed by atoms with E-state index in [9.17, 15) is 25.3 Å². The third-order valence-electron chi connectivity index (χ3n) is 2.96. The van der Waals surface area contributed by atoms with Crippen molar-refractivity contribution in [3.63, 3.8) is 0 Å². The molecule has 0 bridgehead atoms. The average molecular weight is 453 g/mol. The van der Waals surface area contributed by atoms with Crippen LogP contribution in [-0.4, -0.2) is 31.5 Å². The van der Waals surface area contributed by atoms with Gasteiger partial charge in [0.15, 0.2) is 0 Å². The van der Waals surface area contributed by atoms with Crippen molar-refractivity contribution in [2.75, 3.05) is 28.2 Å². The van der Waals surface area contributed by atoms with Crippen LogP contribution in [0.2, 0.25) is 0 Å². The molecular weight excluding hydrogens is 432 g/mol. The first kappa shape index (κ1) is 23.4. The maximum atomic E-state index is 11.0. The first-order valence-electron chi connectivity index (χ1n) is 7.08. The number of hydrogen-bond donors (Lipinski definition) is 6. The van der Waals surface area contributed by atoms with Gasteiger partial charge in [0.2, 0.25) is 30.1 Å². The van der Waals surface area contributed by atoms with Crippen molar-refractivity contribution in [1.29, 1.82) is 0 Å². The fourth-order valence-electron chi connectivity index (χ4n) is 1.88. The number of primary sulfonamides is 2. The van der Waals surface area contributed by atoms with Gasteiger partial charge < -0.3 is 17.2 Å². The van der Waals surface area contributed by atoms with E-state index in [4.69, 9.17) is 27.5 Å². The van der Waals surface area contributed by atoms with E-state index in [-0.39, 0.29) is 26.9 Å². The summed E-state index contributed by atoms with van der Waals surface area (Å²) in [6.07, 6.45) is 0.969. The summed E-state index contributed by atoms with van der Waals surface area (Å²) in [5.74, 6) is 0. The molecule has 0 saturated heterocycles. The second-order valence-corrected chi connectivity index (χ2v) is 10.3. The molecule has 0 fully saturated rings. The van der Waals surface area contributed by atoms with Gasteiger partial charge in [-0.25, -0.2) is 35.5 Å². The number of nitrogen functional groups attached to an aromatic ring is 3. The Hall–Kier alpha value is -2.59. The van der Waals surface area contributed by atoms with Gasteiger partial charge >= 0.3 is 0 Å². The van der Waals surface area contributed by atoms with Gasteiger partial charge in [-0.1, -0.05) is 0 Å². The molecule has 11 N–H and O–H groups in total. The second-order valence-electron chi connectivity index (χ2n) is 5.51. The number of sulfonamides is 3. The minimum absolute atomic E-state index is 0.103. The molecule has 0 amide bonds. The van der Waals surface area contributed by atoms with Crippen molar-refractivity contribution in [2.24, 2.45) is 10.3 Å². The van der Waals surface area contributed by atoms with E-state index < -0.39 is 30.1 Å². The minimum atomic E-state index is -3.90. The van der Waals surface area contributed by atoms with E-state index in [0.29, 0.717) is 5.69 Å². The van der Waals surface area contributed by atoms with Gasteiger partial charge in [-0.15, -0.1) is 0 Å². The number of benzene rings is 2. The van der Waals surface area contributed by atoms with Gasteiger partial charge in [-0.2, -0.15) is 0 Å². The van der Waals surface area contributed by atoms with E-state index in [2.05, 4.69) is 4.72 Å². The lowest BCUT2D eigenvalue weighted by Gasteiger charge is -2.07. The highest BCUT2D eigenvalue weighted by atomic mass is 32.2. The van der Waals surface area contributed by atoms with Gasteiger partial charge in [-0.3, -0.25) is 4.72 Å².